The highest BCUT2D eigenvalue weighted by atomic mass is 16.7. The van der Waals surface area contributed by atoms with Crippen molar-refractivity contribution in [1.82, 2.24) is 0 Å². The second-order valence-corrected chi connectivity index (χ2v) is 11.3. The molecule has 1 saturated heterocycles. The predicted octanol–water partition coefficient (Wildman–Crippen LogP) is 5.32. The number of aliphatic hydroxyl groups is 4. The van der Waals surface area contributed by atoms with E-state index in [2.05, 4.69) is 32.1 Å². The van der Waals surface area contributed by atoms with Crippen LogP contribution in [0.4, 0.5) is 0 Å². The van der Waals surface area contributed by atoms with Gasteiger partial charge in [-0.3, -0.25) is 9.59 Å². The summed E-state index contributed by atoms with van der Waals surface area (Å²) in [5.41, 5.74) is 0. The number of esters is 2. The third-order valence-electron chi connectivity index (χ3n) is 7.20. The molecule has 0 aromatic heterocycles. The molecule has 0 spiro atoms. The lowest BCUT2D eigenvalue weighted by Gasteiger charge is -2.39. The maximum atomic E-state index is 12.6. The van der Waals surface area contributed by atoms with E-state index in [0.29, 0.717) is 19.3 Å². The van der Waals surface area contributed by atoms with Gasteiger partial charge in [-0.25, -0.2) is 0 Å². The average molecular weight is 663 g/mol. The lowest BCUT2D eigenvalue weighted by atomic mass is 9.99. The van der Waals surface area contributed by atoms with Gasteiger partial charge in [0.25, 0.3) is 0 Å². The normalized spacial score (nSPS) is 22.9. The third kappa shape index (κ3) is 20.9. The Kier molecular flexibility index (Phi) is 25.3. The van der Waals surface area contributed by atoms with E-state index in [9.17, 15) is 30.0 Å². The van der Waals surface area contributed by atoms with E-state index >= 15 is 0 Å². The highest BCUT2D eigenvalue weighted by Gasteiger charge is 2.44. The van der Waals surface area contributed by atoms with Crippen molar-refractivity contribution < 1.29 is 49.0 Å². The van der Waals surface area contributed by atoms with Gasteiger partial charge in [0.05, 0.1) is 13.2 Å². The molecular weight excluding hydrogens is 604 g/mol. The molecule has 0 amide bonds. The van der Waals surface area contributed by atoms with Crippen LogP contribution in [-0.4, -0.2) is 89.0 Å². The van der Waals surface area contributed by atoms with Crippen LogP contribution in [0, 0.1) is 0 Å². The standard InChI is InChI=1S/C37H58O10/c1-3-5-7-9-11-13-14-15-16-18-20-22-24-26-33(40)46-30(29-45-37-36(43)35(42)34(41)31(27-38)47-37)28-44-32(39)25-23-21-19-17-12-10-8-6-4-2/h5,7,9,11,13-20,30-31,34-38,41-43H,3-4,6,8,10,12,21-29H2,1-2H3/b7-5+,11-9+,14-13+,16-15+,19-17+,20-18+/t30?,31-,34+,35?,36?,37-/m1/s1. The van der Waals surface area contributed by atoms with E-state index in [4.69, 9.17) is 18.9 Å². The van der Waals surface area contributed by atoms with Crippen molar-refractivity contribution in [2.24, 2.45) is 0 Å². The van der Waals surface area contributed by atoms with Crippen LogP contribution in [0.3, 0.4) is 0 Å². The lowest BCUT2D eigenvalue weighted by Crippen LogP contribution is -2.59. The molecule has 1 heterocycles. The van der Waals surface area contributed by atoms with Crippen LogP contribution in [0.2, 0.25) is 0 Å². The maximum absolute atomic E-state index is 12.6. The zero-order valence-electron chi connectivity index (χ0n) is 28.2. The summed E-state index contributed by atoms with van der Waals surface area (Å²) in [6.07, 6.45) is 25.2. The maximum Gasteiger partial charge on any atom is 0.306 e. The van der Waals surface area contributed by atoms with Crippen molar-refractivity contribution in [2.45, 2.75) is 128 Å². The first kappa shape index (κ1) is 42.2. The van der Waals surface area contributed by atoms with Gasteiger partial charge in [0.2, 0.25) is 0 Å². The second kappa shape index (κ2) is 28.2. The van der Waals surface area contributed by atoms with Gasteiger partial charge in [-0.1, -0.05) is 106 Å². The monoisotopic (exact) mass is 662 g/mol. The van der Waals surface area contributed by atoms with Crippen LogP contribution in [0.1, 0.15) is 90.9 Å². The smallest absolute Gasteiger partial charge is 0.306 e. The summed E-state index contributed by atoms with van der Waals surface area (Å²) in [6.45, 7) is 3.08. The third-order valence-corrected chi connectivity index (χ3v) is 7.20. The summed E-state index contributed by atoms with van der Waals surface area (Å²) in [5, 5.41) is 39.7. The van der Waals surface area contributed by atoms with E-state index in [-0.39, 0.29) is 26.1 Å². The number of hydrogen-bond donors (Lipinski definition) is 4. The van der Waals surface area contributed by atoms with Gasteiger partial charge in [0.15, 0.2) is 12.4 Å². The Morgan fingerprint density at radius 3 is 1.91 bits per heavy atom. The molecule has 266 valence electrons. The summed E-state index contributed by atoms with van der Waals surface area (Å²) >= 11 is 0. The summed E-state index contributed by atoms with van der Waals surface area (Å²) in [6, 6.07) is 0. The lowest BCUT2D eigenvalue weighted by molar-refractivity contribution is -0.305. The SMILES string of the molecule is CC/C=C/C=C/C=C/C=C/C=C/CCCC(=O)OC(COC(=O)CCC/C=C/CCCCCC)CO[C@@H]1O[C@H](CO)[C@H](O)C(O)C1O. The highest BCUT2D eigenvalue weighted by molar-refractivity contribution is 5.70. The number of ether oxygens (including phenoxy) is 4. The van der Waals surface area contributed by atoms with Gasteiger partial charge in [0, 0.05) is 12.8 Å². The van der Waals surface area contributed by atoms with Crippen LogP contribution >= 0.6 is 0 Å². The molecule has 6 atom stereocenters. The molecule has 0 aliphatic carbocycles. The zero-order valence-corrected chi connectivity index (χ0v) is 28.2. The van der Waals surface area contributed by atoms with Crippen LogP contribution in [0.25, 0.3) is 0 Å². The molecule has 1 fully saturated rings. The Hall–Kier alpha value is -2.86. The van der Waals surface area contributed by atoms with Gasteiger partial charge >= 0.3 is 11.9 Å². The molecule has 10 heteroatoms. The fraction of sp³-hybridized carbons (Fsp3) is 0.622. The fourth-order valence-corrected chi connectivity index (χ4v) is 4.45. The Labute approximate surface area is 281 Å². The van der Waals surface area contributed by atoms with Gasteiger partial charge in [-0.2, -0.15) is 0 Å². The summed E-state index contributed by atoms with van der Waals surface area (Å²) in [4.78, 5) is 25.0. The van der Waals surface area contributed by atoms with Crippen molar-refractivity contribution in [3.63, 3.8) is 0 Å². The minimum absolute atomic E-state index is 0.124. The molecule has 0 aromatic rings. The van der Waals surface area contributed by atoms with Crippen molar-refractivity contribution in [3.05, 3.63) is 72.9 Å². The molecule has 4 N–H and O–H groups in total. The van der Waals surface area contributed by atoms with Crippen molar-refractivity contribution in [2.75, 3.05) is 19.8 Å². The molecule has 1 rings (SSSR count). The van der Waals surface area contributed by atoms with E-state index in [1.165, 1.54) is 25.7 Å². The van der Waals surface area contributed by atoms with Gasteiger partial charge in [0.1, 0.15) is 31.0 Å². The van der Waals surface area contributed by atoms with Crippen LogP contribution in [-0.2, 0) is 28.5 Å². The second-order valence-electron chi connectivity index (χ2n) is 11.3. The number of hydrogen-bond acceptors (Lipinski definition) is 10. The number of allylic oxidation sites excluding steroid dienone is 12. The first-order chi connectivity index (χ1) is 22.8. The van der Waals surface area contributed by atoms with Crippen molar-refractivity contribution >= 4 is 11.9 Å². The molecule has 1 aliphatic rings. The number of rotatable bonds is 25. The first-order valence-corrected chi connectivity index (χ1v) is 17.1. The molecule has 0 aromatic carbocycles. The Bertz CT molecular complexity index is 997. The molecule has 0 bridgehead atoms. The number of aliphatic hydroxyl groups excluding tert-OH is 4. The molecule has 1 aliphatic heterocycles. The Balaban J connectivity index is 2.56. The molecule has 0 saturated carbocycles. The number of unbranched alkanes of at least 4 members (excludes halogenated alkanes) is 6. The van der Waals surface area contributed by atoms with Gasteiger partial charge < -0.3 is 39.4 Å². The average Bonchev–Trinajstić information content (AvgIpc) is 3.06. The van der Waals surface area contributed by atoms with Gasteiger partial charge in [-0.05, 0) is 44.9 Å². The van der Waals surface area contributed by atoms with Crippen LogP contribution in [0.5, 0.6) is 0 Å². The minimum atomic E-state index is -1.61. The molecular formula is C37H58O10. The van der Waals surface area contributed by atoms with E-state index in [1.54, 1.807) is 0 Å². The fourth-order valence-electron chi connectivity index (χ4n) is 4.45. The van der Waals surface area contributed by atoms with Crippen molar-refractivity contribution in [1.29, 1.82) is 0 Å². The van der Waals surface area contributed by atoms with Crippen LogP contribution < -0.4 is 0 Å². The zero-order chi connectivity index (χ0) is 34.5. The predicted molar refractivity (Wildman–Crippen MR) is 182 cm³/mol. The van der Waals surface area contributed by atoms with E-state index in [1.807, 2.05) is 54.7 Å². The van der Waals surface area contributed by atoms with Crippen molar-refractivity contribution in [3.8, 4) is 0 Å². The number of carbonyl (C=O) groups is 2. The highest BCUT2D eigenvalue weighted by Crippen LogP contribution is 2.22. The quantitative estimate of drug-likeness (QED) is 0.0438. The largest absolute Gasteiger partial charge is 0.462 e. The summed E-state index contributed by atoms with van der Waals surface area (Å²) < 4.78 is 21.8. The number of carbonyl (C=O) groups excluding carboxylic acids is 2. The minimum Gasteiger partial charge on any atom is -0.462 e. The van der Waals surface area contributed by atoms with Gasteiger partial charge in [-0.15, -0.1) is 0 Å². The first-order valence-electron chi connectivity index (χ1n) is 17.1. The molecule has 3 unspecified atom stereocenters. The van der Waals surface area contributed by atoms with E-state index < -0.39 is 55.4 Å². The topological polar surface area (TPSA) is 152 Å². The Morgan fingerprint density at radius 2 is 1.28 bits per heavy atom. The molecule has 47 heavy (non-hydrogen) atoms. The summed E-state index contributed by atoms with van der Waals surface area (Å²) in [7, 11) is 0. The summed E-state index contributed by atoms with van der Waals surface area (Å²) in [5.74, 6) is -0.948. The van der Waals surface area contributed by atoms with E-state index in [0.717, 1.165) is 19.3 Å². The van der Waals surface area contributed by atoms with Crippen LogP contribution in [0.15, 0.2) is 72.9 Å². The molecule has 0 radical (unpaired) electrons. The molecule has 10 nitrogen and oxygen atoms in total. The Morgan fingerprint density at radius 1 is 0.681 bits per heavy atom.